The van der Waals surface area contributed by atoms with Gasteiger partial charge in [-0.25, -0.2) is 0 Å². The summed E-state index contributed by atoms with van der Waals surface area (Å²) in [6.45, 7) is 6.43. The minimum Gasteiger partial charge on any atom is -0.394 e. The molecule has 7 nitrogen and oxygen atoms in total. The summed E-state index contributed by atoms with van der Waals surface area (Å²) in [7, 11) is 0. The molecule has 0 aliphatic heterocycles. The molecule has 0 aromatic carbocycles. The maximum Gasteiger partial charge on any atom is 0.220 e. The van der Waals surface area contributed by atoms with Crippen molar-refractivity contribution in [1.29, 1.82) is 0 Å². The van der Waals surface area contributed by atoms with Gasteiger partial charge in [-0.15, -0.1) is 0 Å². The van der Waals surface area contributed by atoms with E-state index in [4.69, 9.17) is 24.1 Å². The Bertz CT molecular complexity index is 628. The lowest BCUT2D eigenvalue weighted by atomic mass is 10.2. The predicted octanol–water partition coefficient (Wildman–Crippen LogP) is 5.08. The summed E-state index contributed by atoms with van der Waals surface area (Å²) < 4.78 is 21.2. The van der Waals surface area contributed by atoms with Crippen LogP contribution in [0, 0.1) is 0 Å². The molecule has 2 N–H and O–H groups in total. The fraction of sp³-hybridized carbons (Fsp3) is 0.633. The van der Waals surface area contributed by atoms with Gasteiger partial charge in [-0.2, -0.15) is 0 Å². The van der Waals surface area contributed by atoms with Crippen LogP contribution >= 0.6 is 0 Å². The van der Waals surface area contributed by atoms with Crippen LogP contribution in [0.4, 0.5) is 0 Å². The summed E-state index contributed by atoms with van der Waals surface area (Å²) in [5, 5.41) is 11.4. The van der Waals surface area contributed by atoms with E-state index in [9.17, 15) is 4.79 Å². The second-order valence-electron chi connectivity index (χ2n) is 8.12. The molecule has 0 bridgehead atoms. The number of carbonyl (C=O) groups is 1. The Balaban J connectivity index is 3.38. The van der Waals surface area contributed by atoms with E-state index in [0.29, 0.717) is 65.8 Å². The van der Waals surface area contributed by atoms with Crippen LogP contribution < -0.4 is 5.32 Å². The molecule has 0 aromatic heterocycles. The van der Waals surface area contributed by atoms with Gasteiger partial charge in [-0.05, 0) is 44.9 Å². The highest BCUT2D eigenvalue weighted by Crippen LogP contribution is 1.99. The molecule has 0 saturated heterocycles. The maximum atomic E-state index is 11.8. The van der Waals surface area contributed by atoms with E-state index in [0.717, 1.165) is 44.9 Å². The fourth-order valence-electron chi connectivity index (χ4n) is 2.93. The molecule has 0 aliphatic rings. The number of hydrogen-bond acceptors (Lipinski definition) is 6. The van der Waals surface area contributed by atoms with Crippen molar-refractivity contribution in [3.05, 3.63) is 60.8 Å². The Morgan fingerprint density at radius 3 is 1.54 bits per heavy atom. The number of amides is 1. The van der Waals surface area contributed by atoms with Gasteiger partial charge in [0.1, 0.15) is 0 Å². The van der Waals surface area contributed by atoms with Crippen LogP contribution in [-0.2, 0) is 23.7 Å². The maximum absolute atomic E-state index is 11.8. The summed E-state index contributed by atoms with van der Waals surface area (Å²) in [5.41, 5.74) is 0. The Hall–Kier alpha value is -2.03. The molecule has 212 valence electrons. The number of aliphatic hydroxyl groups excluding tert-OH is 1. The lowest BCUT2D eigenvalue weighted by Crippen LogP contribution is -2.27. The number of nitrogens with one attached hydrogen (secondary N) is 1. The molecule has 1 amide bonds. The second-order valence-corrected chi connectivity index (χ2v) is 8.12. The van der Waals surface area contributed by atoms with Crippen molar-refractivity contribution in [2.24, 2.45) is 0 Å². The highest BCUT2D eigenvalue weighted by Gasteiger charge is 1.99. The monoisotopic (exact) mass is 521 g/mol. The van der Waals surface area contributed by atoms with Crippen molar-refractivity contribution >= 4 is 5.91 Å². The van der Waals surface area contributed by atoms with E-state index >= 15 is 0 Å². The third-order valence-electron chi connectivity index (χ3n) is 4.85. The van der Waals surface area contributed by atoms with E-state index < -0.39 is 0 Å². The smallest absolute Gasteiger partial charge is 0.220 e. The van der Waals surface area contributed by atoms with Crippen molar-refractivity contribution < 1.29 is 28.8 Å². The predicted molar refractivity (Wildman–Crippen MR) is 152 cm³/mol. The molecular formula is C30H51NO6. The number of rotatable bonds is 27. The number of unbranched alkanes of at least 4 members (excludes halogenated alkanes) is 1. The van der Waals surface area contributed by atoms with Crippen molar-refractivity contribution in [3.8, 4) is 0 Å². The van der Waals surface area contributed by atoms with Gasteiger partial charge in [0, 0.05) is 13.0 Å². The molecular weight excluding hydrogens is 470 g/mol. The van der Waals surface area contributed by atoms with Crippen molar-refractivity contribution in [3.63, 3.8) is 0 Å². The zero-order valence-corrected chi connectivity index (χ0v) is 23.0. The quantitative estimate of drug-likeness (QED) is 0.116. The molecule has 0 saturated carbocycles. The molecule has 0 atom stereocenters. The lowest BCUT2D eigenvalue weighted by molar-refractivity contribution is -0.121. The Kier molecular flexibility index (Phi) is 30.2. The summed E-state index contributed by atoms with van der Waals surface area (Å²) in [4.78, 5) is 11.8. The summed E-state index contributed by atoms with van der Waals surface area (Å²) in [5.74, 6) is 0.0623. The van der Waals surface area contributed by atoms with Gasteiger partial charge in [-0.1, -0.05) is 67.7 Å². The Labute approximate surface area is 225 Å². The topological polar surface area (TPSA) is 86.3 Å². The van der Waals surface area contributed by atoms with Crippen LogP contribution in [0.2, 0.25) is 0 Å². The Morgan fingerprint density at radius 1 is 0.622 bits per heavy atom. The molecule has 0 rings (SSSR count). The highest BCUT2D eigenvalue weighted by molar-refractivity contribution is 5.75. The zero-order valence-electron chi connectivity index (χ0n) is 23.0. The first kappa shape index (κ1) is 35.0. The largest absolute Gasteiger partial charge is 0.394 e. The van der Waals surface area contributed by atoms with Crippen LogP contribution in [0.15, 0.2) is 60.8 Å². The van der Waals surface area contributed by atoms with E-state index in [-0.39, 0.29) is 12.5 Å². The first-order chi connectivity index (χ1) is 18.3. The lowest BCUT2D eigenvalue weighted by Gasteiger charge is -2.08. The number of ether oxygens (including phenoxy) is 4. The van der Waals surface area contributed by atoms with Gasteiger partial charge in [0.05, 0.1) is 59.5 Å². The van der Waals surface area contributed by atoms with Crippen LogP contribution in [0.1, 0.15) is 58.3 Å². The summed E-state index contributed by atoms with van der Waals surface area (Å²) in [6.07, 6.45) is 29.2. The van der Waals surface area contributed by atoms with Gasteiger partial charge < -0.3 is 29.4 Å². The average Bonchev–Trinajstić information content (AvgIpc) is 2.90. The standard InChI is InChI=1S/C30H51NO6/c1-2-3-4-5-6-7-8-9-10-11-12-13-14-15-16-17-18-19-30(33)31-20-22-34-24-26-36-28-29-37-27-25-35-23-21-32/h3-4,6-7,9-10,12-13,15-16,32H,2,5,8,11,14,17-29H2,1H3,(H,31,33)/b4-3-,7-6-,10-9-,13-12-,16-15-. The van der Waals surface area contributed by atoms with Gasteiger partial charge in [-0.3, -0.25) is 4.79 Å². The number of aliphatic hydroxyl groups is 1. The molecule has 0 unspecified atom stereocenters. The van der Waals surface area contributed by atoms with Gasteiger partial charge in [0.2, 0.25) is 5.91 Å². The van der Waals surface area contributed by atoms with Crippen molar-refractivity contribution in [2.45, 2.75) is 58.3 Å². The second kappa shape index (κ2) is 32.0. The molecule has 0 spiro atoms. The molecule has 0 heterocycles. The third kappa shape index (κ3) is 31.9. The van der Waals surface area contributed by atoms with E-state index in [1.165, 1.54) is 0 Å². The molecule has 0 aromatic rings. The Morgan fingerprint density at radius 2 is 1.05 bits per heavy atom. The fourth-order valence-corrected chi connectivity index (χ4v) is 2.93. The van der Waals surface area contributed by atoms with Crippen LogP contribution in [0.5, 0.6) is 0 Å². The van der Waals surface area contributed by atoms with Gasteiger partial charge in [0.15, 0.2) is 0 Å². The van der Waals surface area contributed by atoms with E-state index in [1.54, 1.807) is 0 Å². The average molecular weight is 522 g/mol. The van der Waals surface area contributed by atoms with Gasteiger partial charge in [0.25, 0.3) is 0 Å². The minimum atomic E-state index is 0.0264. The number of hydrogen-bond donors (Lipinski definition) is 2. The van der Waals surface area contributed by atoms with Gasteiger partial charge >= 0.3 is 0 Å². The summed E-state index contributed by atoms with van der Waals surface area (Å²) >= 11 is 0. The summed E-state index contributed by atoms with van der Waals surface area (Å²) in [6, 6.07) is 0. The number of carbonyl (C=O) groups excluding carboxylic acids is 1. The molecule has 0 radical (unpaired) electrons. The van der Waals surface area contributed by atoms with Crippen molar-refractivity contribution in [2.75, 3.05) is 66.0 Å². The van der Waals surface area contributed by atoms with E-state index in [2.05, 4.69) is 73.0 Å². The van der Waals surface area contributed by atoms with Crippen molar-refractivity contribution in [1.82, 2.24) is 5.32 Å². The van der Waals surface area contributed by atoms with Crippen LogP contribution in [-0.4, -0.2) is 77.0 Å². The molecule has 0 aliphatic carbocycles. The zero-order chi connectivity index (χ0) is 26.9. The first-order valence-electron chi connectivity index (χ1n) is 13.7. The third-order valence-corrected chi connectivity index (χ3v) is 4.85. The van der Waals surface area contributed by atoms with Crippen LogP contribution in [0.3, 0.4) is 0 Å². The first-order valence-corrected chi connectivity index (χ1v) is 13.7. The number of allylic oxidation sites excluding steroid dienone is 10. The SMILES string of the molecule is CC/C=C\C/C=C\C/C=C\C/C=C\C/C=C\CCCC(=O)NCCOCCOCCOCCOCCO. The van der Waals surface area contributed by atoms with E-state index in [1.807, 2.05) is 0 Å². The highest BCUT2D eigenvalue weighted by atomic mass is 16.6. The molecule has 7 heteroatoms. The minimum absolute atomic E-state index is 0.0264. The molecule has 0 fully saturated rings. The molecule has 37 heavy (non-hydrogen) atoms. The van der Waals surface area contributed by atoms with Crippen LogP contribution in [0.25, 0.3) is 0 Å². The normalized spacial score (nSPS) is 12.4.